The molecule has 0 aromatic heterocycles. The van der Waals surface area contributed by atoms with Gasteiger partial charge in [0.15, 0.2) is 5.16 Å². The van der Waals surface area contributed by atoms with Crippen molar-refractivity contribution >= 4 is 58.3 Å². The van der Waals surface area contributed by atoms with Crippen LogP contribution in [0.5, 0.6) is 0 Å². The standard InChI is InChI=1S/C12H6Cl3F2N3O2/c1-19-10(18-9(15)8(13)14)11(21)20(12(19)22)7-3-5(16)2-6(17)4-7/h2-4H,1H3. The Kier molecular flexibility index (Phi) is 4.69. The van der Waals surface area contributed by atoms with Gasteiger partial charge in [0.1, 0.15) is 16.1 Å². The Balaban J connectivity index is 2.50. The summed E-state index contributed by atoms with van der Waals surface area (Å²) in [5.74, 6) is -3.19. The number of aliphatic imine (C=N–C) groups is 1. The number of benzene rings is 1. The Hall–Kier alpha value is -1.70. The maximum atomic E-state index is 13.2. The van der Waals surface area contributed by atoms with Crippen molar-refractivity contribution in [2.24, 2.45) is 4.99 Å². The number of imide groups is 1. The Morgan fingerprint density at radius 2 is 1.64 bits per heavy atom. The normalized spacial score (nSPS) is 16.7. The fourth-order valence-electron chi connectivity index (χ4n) is 1.73. The van der Waals surface area contributed by atoms with Crippen LogP contribution in [0.15, 0.2) is 32.8 Å². The Bertz CT molecular complexity index is 712. The molecular formula is C12H6Cl3F2N3O2. The summed E-state index contributed by atoms with van der Waals surface area (Å²) in [6, 6.07) is 1.42. The summed E-state index contributed by atoms with van der Waals surface area (Å²) in [7, 11) is 1.24. The molecule has 0 bridgehead atoms. The van der Waals surface area contributed by atoms with E-state index in [0.29, 0.717) is 11.0 Å². The zero-order valence-corrected chi connectivity index (χ0v) is 13.0. The average Bonchev–Trinajstić information content (AvgIpc) is 2.61. The quantitative estimate of drug-likeness (QED) is 0.591. The Morgan fingerprint density at radius 3 is 2.14 bits per heavy atom. The lowest BCUT2D eigenvalue weighted by atomic mass is 10.2. The molecular weight excluding hydrogens is 363 g/mol. The summed E-state index contributed by atoms with van der Waals surface area (Å²) >= 11 is 16.4. The van der Waals surface area contributed by atoms with Gasteiger partial charge in [-0.15, -0.1) is 0 Å². The Labute approximate surface area is 138 Å². The monoisotopic (exact) mass is 367 g/mol. The number of halogens is 5. The first kappa shape index (κ1) is 16.7. The largest absolute Gasteiger partial charge is 0.337 e. The summed E-state index contributed by atoms with van der Waals surface area (Å²) in [6.07, 6.45) is 0. The third-order valence-electron chi connectivity index (χ3n) is 2.66. The van der Waals surface area contributed by atoms with Crippen LogP contribution in [0, 0.1) is 11.6 Å². The third kappa shape index (κ3) is 3.06. The first-order chi connectivity index (χ1) is 10.2. The van der Waals surface area contributed by atoms with Crippen molar-refractivity contribution in [2.45, 2.75) is 0 Å². The highest BCUT2D eigenvalue weighted by molar-refractivity contribution is 6.60. The van der Waals surface area contributed by atoms with E-state index in [-0.39, 0.29) is 5.69 Å². The number of urea groups is 1. The van der Waals surface area contributed by atoms with Gasteiger partial charge in [0.05, 0.1) is 5.69 Å². The van der Waals surface area contributed by atoms with E-state index in [0.717, 1.165) is 17.0 Å². The minimum Gasteiger partial charge on any atom is -0.276 e. The molecule has 0 saturated carbocycles. The van der Waals surface area contributed by atoms with Crippen molar-refractivity contribution in [3.63, 3.8) is 0 Å². The second kappa shape index (κ2) is 6.20. The molecule has 0 spiro atoms. The van der Waals surface area contributed by atoms with Crippen LogP contribution in [0.4, 0.5) is 19.3 Å². The van der Waals surface area contributed by atoms with Crippen molar-refractivity contribution in [1.82, 2.24) is 4.90 Å². The number of hydrogen-bond donors (Lipinski definition) is 0. The number of carbonyl (C=O) groups is 2. The Morgan fingerprint density at radius 1 is 1.09 bits per heavy atom. The summed E-state index contributed by atoms with van der Waals surface area (Å²) < 4.78 is 26.1. The number of likely N-dealkylation sites (N-methyl/N-ethyl adjacent to an activating group) is 1. The number of nitrogens with zero attached hydrogens (tertiary/aromatic N) is 3. The zero-order chi connectivity index (χ0) is 16.6. The first-order valence-electron chi connectivity index (χ1n) is 5.60. The topological polar surface area (TPSA) is 53.0 Å². The van der Waals surface area contributed by atoms with E-state index in [9.17, 15) is 18.4 Å². The van der Waals surface area contributed by atoms with E-state index in [1.165, 1.54) is 7.05 Å². The summed E-state index contributed by atoms with van der Waals surface area (Å²) in [5, 5.41) is -0.404. The molecule has 2 rings (SSSR count). The second-order valence-corrected chi connectivity index (χ2v) is 5.40. The number of anilines is 1. The van der Waals surface area contributed by atoms with E-state index in [1.54, 1.807) is 0 Å². The molecule has 1 saturated heterocycles. The van der Waals surface area contributed by atoms with Crippen LogP contribution in [0.3, 0.4) is 0 Å². The van der Waals surface area contributed by atoms with Gasteiger partial charge in [-0.3, -0.25) is 9.69 Å². The molecule has 1 fully saturated rings. The number of hydrogen-bond acceptors (Lipinski definition) is 3. The summed E-state index contributed by atoms with van der Waals surface area (Å²) in [6.45, 7) is 0. The van der Waals surface area contributed by atoms with E-state index in [4.69, 9.17) is 34.8 Å². The molecule has 116 valence electrons. The van der Waals surface area contributed by atoms with Crippen molar-refractivity contribution in [3.05, 3.63) is 39.5 Å². The number of amidine groups is 1. The molecule has 22 heavy (non-hydrogen) atoms. The van der Waals surface area contributed by atoms with Gasteiger partial charge in [-0.25, -0.2) is 23.5 Å². The predicted octanol–water partition coefficient (Wildman–Crippen LogP) is 3.60. The summed E-state index contributed by atoms with van der Waals surface area (Å²) in [5.41, 5.74) is -0.276. The maximum Gasteiger partial charge on any atom is 0.337 e. The van der Waals surface area contributed by atoms with Gasteiger partial charge in [-0.05, 0) is 12.1 Å². The molecule has 1 heterocycles. The molecule has 0 radical (unpaired) electrons. The highest BCUT2D eigenvalue weighted by Crippen LogP contribution is 2.26. The van der Waals surface area contributed by atoms with Crippen LogP contribution in [0.2, 0.25) is 0 Å². The first-order valence-corrected chi connectivity index (χ1v) is 6.73. The van der Waals surface area contributed by atoms with E-state index in [2.05, 4.69) is 4.99 Å². The van der Waals surface area contributed by atoms with Gasteiger partial charge in [0.2, 0.25) is 5.84 Å². The SMILES string of the molecule is CN1C(=O)N(c2cc(F)cc(F)c2)C(=O)C1=NC(Cl)=C(Cl)Cl. The van der Waals surface area contributed by atoms with Crippen molar-refractivity contribution in [1.29, 1.82) is 0 Å². The molecule has 1 aromatic rings. The van der Waals surface area contributed by atoms with E-state index >= 15 is 0 Å². The van der Waals surface area contributed by atoms with E-state index in [1.807, 2.05) is 0 Å². The van der Waals surface area contributed by atoms with Crippen LogP contribution in [0.25, 0.3) is 0 Å². The van der Waals surface area contributed by atoms with Crippen LogP contribution >= 0.6 is 34.8 Å². The minimum atomic E-state index is -0.939. The van der Waals surface area contributed by atoms with Gasteiger partial charge < -0.3 is 0 Å². The van der Waals surface area contributed by atoms with Crippen molar-refractivity contribution in [3.8, 4) is 0 Å². The van der Waals surface area contributed by atoms with Gasteiger partial charge >= 0.3 is 11.9 Å². The molecule has 5 nitrogen and oxygen atoms in total. The average molecular weight is 369 g/mol. The summed E-state index contributed by atoms with van der Waals surface area (Å²) in [4.78, 5) is 29.3. The minimum absolute atomic E-state index is 0.276. The van der Waals surface area contributed by atoms with Crippen LogP contribution in [-0.4, -0.2) is 29.7 Å². The highest BCUT2D eigenvalue weighted by Gasteiger charge is 2.42. The molecule has 0 aliphatic carbocycles. The highest BCUT2D eigenvalue weighted by atomic mass is 35.5. The molecule has 3 amide bonds. The molecule has 10 heteroatoms. The second-order valence-electron chi connectivity index (χ2n) is 4.10. The lowest BCUT2D eigenvalue weighted by Gasteiger charge is -2.13. The van der Waals surface area contributed by atoms with Gasteiger partial charge in [0.25, 0.3) is 0 Å². The number of carbonyl (C=O) groups excluding carboxylic acids is 2. The van der Waals surface area contributed by atoms with Crippen LogP contribution in [0.1, 0.15) is 0 Å². The molecule has 1 aromatic carbocycles. The predicted molar refractivity (Wildman–Crippen MR) is 79.0 cm³/mol. The lowest BCUT2D eigenvalue weighted by Crippen LogP contribution is -2.31. The fraction of sp³-hybridized carbons (Fsp3) is 0.0833. The van der Waals surface area contributed by atoms with Crippen molar-refractivity contribution < 1.29 is 18.4 Å². The van der Waals surface area contributed by atoms with Crippen LogP contribution < -0.4 is 4.90 Å². The number of rotatable bonds is 2. The van der Waals surface area contributed by atoms with E-state index < -0.39 is 39.1 Å². The zero-order valence-electron chi connectivity index (χ0n) is 10.8. The van der Waals surface area contributed by atoms with Crippen molar-refractivity contribution in [2.75, 3.05) is 11.9 Å². The molecule has 0 N–H and O–H groups in total. The third-order valence-corrected chi connectivity index (χ3v) is 3.48. The smallest absolute Gasteiger partial charge is 0.276 e. The van der Waals surface area contributed by atoms with Gasteiger partial charge in [-0.1, -0.05) is 34.8 Å². The van der Waals surface area contributed by atoms with Crippen LogP contribution in [-0.2, 0) is 4.79 Å². The molecule has 0 unspecified atom stereocenters. The number of amides is 3. The molecule has 1 aliphatic rings. The molecule has 1 aliphatic heterocycles. The molecule has 0 atom stereocenters. The maximum absolute atomic E-state index is 13.2. The van der Waals surface area contributed by atoms with Gasteiger partial charge in [0, 0.05) is 13.1 Å². The fourth-order valence-corrected chi connectivity index (χ4v) is 1.89. The lowest BCUT2D eigenvalue weighted by molar-refractivity contribution is -0.111. The van der Waals surface area contributed by atoms with Gasteiger partial charge in [-0.2, -0.15) is 0 Å².